The molecule has 1 unspecified atom stereocenters. The minimum Gasteiger partial charge on any atom is -0.459 e. The predicted molar refractivity (Wildman–Crippen MR) is 36.0 cm³/mol. The standard InChI is InChI=1S/C6H10ClO2/c1-3-9-6(8)4-5(2)7/h3,5H,4H2,1-2H3. The average Bonchev–Trinajstić information content (AvgIpc) is 1.63. The van der Waals surface area contributed by atoms with Crippen LogP contribution >= 0.6 is 11.6 Å². The lowest BCUT2D eigenvalue weighted by molar-refractivity contribution is -0.139. The smallest absolute Gasteiger partial charge is 0.307 e. The molecule has 2 nitrogen and oxygen atoms in total. The monoisotopic (exact) mass is 149 g/mol. The Labute approximate surface area is 60.1 Å². The highest BCUT2D eigenvalue weighted by molar-refractivity contribution is 6.21. The summed E-state index contributed by atoms with van der Waals surface area (Å²) in [6, 6.07) is 0. The number of halogens is 1. The molecule has 0 aliphatic carbocycles. The Balaban J connectivity index is 3.27. The van der Waals surface area contributed by atoms with E-state index >= 15 is 0 Å². The molecule has 0 aliphatic rings. The van der Waals surface area contributed by atoms with Gasteiger partial charge in [0.2, 0.25) is 0 Å². The minimum absolute atomic E-state index is 0.141. The maximum Gasteiger partial charge on any atom is 0.307 e. The van der Waals surface area contributed by atoms with Gasteiger partial charge in [0, 0.05) is 5.38 Å². The molecule has 0 rings (SSSR count). The van der Waals surface area contributed by atoms with Gasteiger partial charge in [-0.15, -0.1) is 11.6 Å². The van der Waals surface area contributed by atoms with E-state index in [1.165, 1.54) is 6.61 Å². The second-order valence-electron chi connectivity index (χ2n) is 1.71. The second kappa shape index (κ2) is 4.62. The Morgan fingerprint density at radius 2 is 2.44 bits per heavy atom. The van der Waals surface area contributed by atoms with Gasteiger partial charge < -0.3 is 4.74 Å². The first-order valence-corrected chi connectivity index (χ1v) is 3.22. The molecule has 0 amide bonds. The second-order valence-corrected chi connectivity index (χ2v) is 2.46. The van der Waals surface area contributed by atoms with Crippen molar-refractivity contribution in [2.75, 3.05) is 0 Å². The van der Waals surface area contributed by atoms with E-state index < -0.39 is 0 Å². The molecule has 53 valence electrons. The summed E-state index contributed by atoms with van der Waals surface area (Å²) in [6.45, 7) is 4.75. The zero-order valence-corrected chi connectivity index (χ0v) is 6.31. The lowest BCUT2D eigenvalue weighted by Crippen LogP contribution is -2.06. The van der Waals surface area contributed by atoms with E-state index in [2.05, 4.69) is 4.74 Å². The predicted octanol–water partition coefficient (Wildman–Crippen LogP) is 1.73. The van der Waals surface area contributed by atoms with E-state index in [1.54, 1.807) is 13.8 Å². The van der Waals surface area contributed by atoms with Gasteiger partial charge in [-0.2, -0.15) is 0 Å². The van der Waals surface area contributed by atoms with Crippen molar-refractivity contribution in [3.63, 3.8) is 0 Å². The van der Waals surface area contributed by atoms with Crippen LogP contribution in [-0.4, -0.2) is 11.3 Å². The van der Waals surface area contributed by atoms with Crippen LogP contribution in [0.3, 0.4) is 0 Å². The van der Waals surface area contributed by atoms with E-state index in [-0.39, 0.29) is 17.8 Å². The van der Waals surface area contributed by atoms with Crippen LogP contribution in [0.25, 0.3) is 0 Å². The minimum atomic E-state index is -0.278. The van der Waals surface area contributed by atoms with Crippen LogP contribution in [0.15, 0.2) is 0 Å². The molecular weight excluding hydrogens is 140 g/mol. The number of ether oxygens (including phenoxy) is 1. The molecule has 0 aromatic carbocycles. The molecule has 0 bridgehead atoms. The molecule has 0 aromatic rings. The van der Waals surface area contributed by atoms with Gasteiger partial charge in [0.15, 0.2) is 0 Å². The Bertz CT molecular complexity index is 91.1. The van der Waals surface area contributed by atoms with Crippen molar-refractivity contribution >= 4 is 17.6 Å². The van der Waals surface area contributed by atoms with Crippen LogP contribution in [0.2, 0.25) is 0 Å². The van der Waals surface area contributed by atoms with E-state index in [0.717, 1.165) is 0 Å². The van der Waals surface area contributed by atoms with E-state index in [4.69, 9.17) is 11.6 Å². The van der Waals surface area contributed by atoms with Gasteiger partial charge in [0.25, 0.3) is 0 Å². The number of hydrogen-bond donors (Lipinski definition) is 0. The van der Waals surface area contributed by atoms with Gasteiger partial charge in [-0.25, -0.2) is 0 Å². The number of carbonyl (C=O) groups excluding carboxylic acids is 1. The maximum absolute atomic E-state index is 10.5. The van der Waals surface area contributed by atoms with Gasteiger partial charge in [-0.05, 0) is 13.8 Å². The molecule has 1 radical (unpaired) electrons. The van der Waals surface area contributed by atoms with Gasteiger partial charge >= 0.3 is 5.97 Å². The molecule has 0 saturated heterocycles. The average molecular weight is 150 g/mol. The van der Waals surface area contributed by atoms with Crippen molar-refractivity contribution in [1.82, 2.24) is 0 Å². The van der Waals surface area contributed by atoms with Crippen molar-refractivity contribution in [1.29, 1.82) is 0 Å². The first-order chi connectivity index (χ1) is 4.16. The van der Waals surface area contributed by atoms with Crippen molar-refractivity contribution in [2.45, 2.75) is 25.6 Å². The van der Waals surface area contributed by atoms with Crippen molar-refractivity contribution in [3.05, 3.63) is 6.61 Å². The molecule has 0 spiro atoms. The summed E-state index contributed by atoms with van der Waals surface area (Å²) >= 11 is 5.49. The van der Waals surface area contributed by atoms with Crippen LogP contribution in [0.5, 0.6) is 0 Å². The SMILES string of the molecule is C[CH]OC(=O)CC(C)Cl. The molecule has 0 heterocycles. The number of hydrogen-bond acceptors (Lipinski definition) is 2. The molecule has 1 atom stereocenters. The fourth-order valence-corrected chi connectivity index (χ4v) is 0.535. The summed E-state index contributed by atoms with van der Waals surface area (Å²) < 4.78 is 4.50. The first kappa shape index (κ1) is 8.76. The third kappa shape index (κ3) is 5.63. The summed E-state index contributed by atoms with van der Waals surface area (Å²) in [5.74, 6) is -0.278. The molecule has 0 saturated carbocycles. The van der Waals surface area contributed by atoms with Gasteiger partial charge in [0.1, 0.15) is 6.61 Å². The fourth-order valence-electron chi connectivity index (χ4n) is 0.409. The summed E-state index contributed by atoms with van der Waals surface area (Å²) in [5.41, 5.74) is 0. The molecular formula is C6H10ClO2. The zero-order chi connectivity index (χ0) is 7.28. The third-order valence-corrected chi connectivity index (χ3v) is 0.852. The number of carbonyl (C=O) groups is 1. The molecule has 3 heteroatoms. The topological polar surface area (TPSA) is 26.3 Å². The lowest BCUT2D eigenvalue weighted by atomic mass is 10.3. The quantitative estimate of drug-likeness (QED) is 0.451. The number of rotatable bonds is 3. The molecule has 0 aliphatic heterocycles. The summed E-state index contributed by atoms with van der Waals surface area (Å²) in [4.78, 5) is 10.5. The highest BCUT2D eigenvalue weighted by Crippen LogP contribution is 2.01. The number of alkyl halides is 1. The Morgan fingerprint density at radius 3 is 2.78 bits per heavy atom. The van der Waals surface area contributed by atoms with Crippen LogP contribution in [0.4, 0.5) is 0 Å². The fraction of sp³-hybridized carbons (Fsp3) is 0.667. The highest BCUT2D eigenvalue weighted by atomic mass is 35.5. The van der Waals surface area contributed by atoms with Crippen molar-refractivity contribution in [3.8, 4) is 0 Å². The normalized spacial score (nSPS) is 12.8. The van der Waals surface area contributed by atoms with E-state index in [0.29, 0.717) is 0 Å². The Kier molecular flexibility index (Phi) is 4.50. The van der Waals surface area contributed by atoms with Crippen LogP contribution < -0.4 is 0 Å². The highest BCUT2D eigenvalue weighted by Gasteiger charge is 2.05. The molecule has 9 heavy (non-hydrogen) atoms. The molecule has 0 N–H and O–H groups in total. The Morgan fingerprint density at radius 1 is 1.89 bits per heavy atom. The molecule has 0 aromatic heterocycles. The maximum atomic E-state index is 10.5. The van der Waals surface area contributed by atoms with Gasteiger partial charge in [0.05, 0.1) is 6.42 Å². The van der Waals surface area contributed by atoms with E-state index in [9.17, 15) is 4.79 Å². The third-order valence-electron chi connectivity index (χ3n) is 0.697. The summed E-state index contributed by atoms with van der Waals surface area (Å²) in [5, 5.41) is -0.141. The largest absolute Gasteiger partial charge is 0.459 e. The van der Waals surface area contributed by atoms with Crippen LogP contribution in [0, 0.1) is 6.61 Å². The summed E-state index contributed by atoms with van der Waals surface area (Å²) in [7, 11) is 0. The summed E-state index contributed by atoms with van der Waals surface area (Å²) in [6.07, 6.45) is 0.270. The van der Waals surface area contributed by atoms with Gasteiger partial charge in [-0.1, -0.05) is 0 Å². The van der Waals surface area contributed by atoms with Crippen LogP contribution in [0.1, 0.15) is 20.3 Å². The first-order valence-electron chi connectivity index (χ1n) is 2.78. The van der Waals surface area contributed by atoms with Crippen molar-refractivity contribution in [2.24, 2.45) is 0 Å². The molecule has 0 fully saturated rings. The Hall–Kier alpha value is -0.240. The zero-order valence-electron chi connectivity index (χ0n) is 5.56. The van der Waals surface area contributed by atoms with Crippen LogP contribution in [-0.2, 0) is 9.53 Å². The van der Waals surface area contributed by atoms with Crippen molar-refractivity contribution < 1.29 is 9.53 Å². The lowest BCUT2D eigenvalue weighted by Gasteiger charge is -2.00. The van der Waals surface area contributed by atoms with E-state index in [1.807, 2.05) is 0 Å². The van der Waals surface area contributed by atoms with Gasteiger partial charge in [-0.3, -0.25) is 4.79 Å². The number of esters is 1.